The monoisotopic (exact) mass is 725 g/mol. The van der Waals surface area contributed by atoms with E-state index in [1.807, 2.05) is 95.8 Å². The van der Waals surface area contributed by atoms with Gasteiger partial charge in [0.1, 0.15) is 12.7 Å². The van der Waals surface area contributed by atoms with Crippen LogP contribution >= 0.6 is 0 Å². The summed E-state index contributed by atoms with van der Waals surface area (Å²) in [4.78, 5) is 52.1. The molecule has 0 saturated carbocycles. The molecule has 1 N–H and O–H groups in total. The van der Waals surface area contributed by atoms with Crippen molar-refractivity contribution in [2.45, 2.75) is 32.9 Å². The molecule has 2 aliphatic rings. The van der Waals surface area contributed by atoms with Gasteiger partial charge in [0.05, 0.1) is 64.3 Å². The Hall–Kier alpha value is -7.44. The van der Waals surface area contributed by atoms with Crippen LogP contribution in [-0.4, -0.2) is 66.0 Å². The number of imidazole rings is 2. The van der Waals surface area contributed by atoms with Crippen molar-refractivity contribution in [3.63, 3.8) is 0 Å². The van der Waals surface area contributed by atoms with Crippen molar-refractivity contribution in [2.24, 2.45) is 9.98 Å². The summed E-state index contributed by atoms with van der Waals surface area (Å²) in [5.41, 5.74) is 9.88. The van der Waals surface area contributed by atoms with Gasteiger partial charge in [-0.2, -0.15) is 0 Å². The van der Waals surface area contributed by atoms with Crippen LogP contribution < -0.4 is 5.32 Å². The molecule has 0 bridgehead atoms. The molecule has 2 atom stereocenters. The minimum Gasteiger partial charge on any atom is -0.461 e. The summed E-state index contributed by atoms with van der Waals surface area (Å²) < 4.78 is 8.96. The van der Waals surface area contributed by atoms with E-state index in [1.165, 1.54) is 0 Å². The predicted molar refractivity (Wildman–Crippen MR) is 209 cm³/mol. The zero-order valence-electron chi connectivity index (χ0n) is 30.6. The lowest BCUT2D eigenvalue weighted by atomic mass is 10.0. The molecular formula is C43H35N9O3. The van der Waals surface area contributed by atoms with Crippen LogP contribution in [0.2, 0.25) is 0 Å². The Bertz CT molecular complexity index is 2590. The molecule has 4 aromatic heterocycles. The van der Waals surface area contributed by atoms with Gasteiger partial charge in [0.2, 0.25) is 0 Å². The maximum atomic E-state index is 12.4. The lowest BCUT2D eigenvalue weighted by Crippen LogP contribution is -2.20. The number of carbonyl (C=O) groups is 2. The summed E-state index contributed by atoms with van der Waals surface area (Å²) in [6.07, 6.45) is 18.0. The van der Waals surface area contributed by atoms with Crippen LogP contribution in [0, 0.1) is 24.7 Å². The van der Waals surface area contributed by atoms with Crippen LogP contribution in [0.1, 0.15) is 98.9 Å². The van der Waals surface area contributed by atoms with Gasteiger partial charge in [-0.3, -0.25) is 33.9 Å². The number of pyridine rings is 2. The van der Waals surface area contributed by atoms with Crippen LogP contribution in [0.5, 0.6) is 0 Å². The van der Waals surface area contributed by atoms with E-state index >= 15 is 0 Å². The molecule has 55 heavy (non-hydrogen) atoms. The summed E-state index contributed by atoms with van der Waals surface area (Å²) in [7, 11) is 1.59. The van der Waals surface area contributed by atoms with Gasteiger partial charge in [0, 0.05) is 41.7 Å². The van der Waals surface area contributed by atoms with Crippen molar-refractivity contribution in [1.29, 1.82) is 0 Å². The highest BCUT2D eigenvalue weighted by molar-refractivity contribution is 6.15. The number of ether oxygens (including phenoxy) is 1. The number of aromatic nitrogens is 6. The molecule has 1 amide bonds. The quantitative estimate of drug-likeness (QED) is 0.174. The summed E-state index contributed by atoms with van der Waals surface area (Å²) >= 11 is 0. The van der Waals surface area contributed by atoms with Crippen LogP contribution in [0.15, 0.2) is 108 Å². The molecule has 2 aliphatic heterocycles. The highest BCUT2D eigenvalue weighted by atomic mass is 16.5. The van der Waals surface area contributed by atoms with E-state index in [0.29, 0.717) is 11.4 Å². The Morgan fingerprint density at radius 3 is 1.65 bits per heavy atom. The zero-order chi connectivity index (χ0) is 38.6. The lowest BCUT2D eigenvalue weighted by Gasteiger charge is -2.12. The third kappa shape index (κ3) is 6.69. The number of nitrogens with one attached hydrogen (secondary N) is 1. The van der Waals surface area contributed by atoms with Gasteiger partial charge in [-0.05, 0) is 81.4 Å². The fourth-order valence-electron chi connectivity index (χ4n) is 6.66. The van der Waals surface area contributed by atoms with E-state index in [9.17, 15) is 9.59 Å². The summed E-state index contributed by atoms with van der Waals surface area (Å²) in [6, 6.07) is 22.2. The van der Waals surface area contributed by atoms with Crippen LogP contribution in [0.4, 0.5) is 0 Å². The second-order valence-electron chi connectivity index (χ2n) is 12.5. The van der Waals surface area contributed by atoms with Gasteiger partial charge >= 0.3 is 5.97 Å². The number of hydrogen-bond acceptors (Lipinski definition) is 9. The molecule has 0 aliphatic carbocycles. The average molecular weight is 726 g/mol. The molecule has 6 aromatic rings. The van der Waals surface area contributed by atoms with E-state index in [2.05, 4.69) is 37.1 Å². The van der Waals surface area contributed by atoms with Gasteiger partial charge in [0.25, 0.3) is 5.91 Å². The van der Waals surface area contributed by atoms with Gasteiger partial charge < -0.3 is 10.1 Å². The smallest absolute Gasteiger partial charge is 0.358 e. The van der Waals surface area contributed by atoms with E-state index in [-0.39, 0.29) is 30.3 Å². The van der Waals surface area contributed by atoms with E-state index in [1.54, 1.807) is 39.0 Å². The highest BCUT2D eigenvalue weighted by Gasteiger charge is 2.31. The first kappa shape index (κ1) is 35.9. The molecule has 270 valence electrons. The Morgan fingerprint density at radius 2 is 1.22 bits per heavy atom. The van der Waals surface area contributed by atoms with Gasteiger partial charge in [-0.15, -0.1) is 12.8 Å². The normalized spacial score (nSPS) is 14.9. The largest absolute Gasteiger partial charge is 0.461 e. The van der Waals surface area contributed by atoms with Gasteiger partial charge in [-0.1, -0.05) is 24.0 Å². The number of esters is 1. The number of hydrogen-bond donors (Lipinski definition) is 1. The number of fused-ring (bicyclic) bond motifs is 6. The average Bonchev–Trinajstić information content (AvgIpc) is 3.83. The number of terminal acetylenes is 2. The minimum atomic E-state index is -0.457. The number of rotatable bonds is 5. The molecule has 6 heterocycles. The standard InChI is InChI=1S/C22H18N4O2.C21H17N5O/c1-4-15-9-10-18-16(12-15)19(17-8-6-7-11-23-17)25-14(3)21-20(22(27)28-5-2)24-13-26(18)21;1-4-14-8-9-17-15(11-14)18(16-7-5-6-10-23-16)25-13(2)20-19(21(27)22-3)24-12-26(17)20/h1,6-14H,5H2,2-3H3;1,5-13H,2-3H3,(H,22,27)/t14-;13-/m11/s1. The van der Waals surface area contributed by atoms with Crippen molar-refractivity contribution in [3.05, 3.63) is 154 Å². The van der Waals surface area contributed by atoms with Crippen molar-refractivity contribution in [1.82, 2.24) is 34.4 Å². The van der Waals surface area contributed by atoms with Crippen LogP contribution in [0.25, 0.3) is 11.4 Å². The first-order valence-corrected chi connectivity index (χ1v) is 17.5. The Kier molecular flexibility index (Phi) is 9.98. The fourth-order valence-corrected chi connectivity index (χ4v) is 6.66. The third-order valence-electron chi connectivity index (χ3n) is 9.13. The Labute approximate surface area is 318 Å². The van der Waals surface area contributed by atoms with E-state index < -0.39 is 5.97 Å². The summed E-state index contributed by atoms with van der Waals surface area (Å²) in [5, 5.41) is 2.64. The van der Waals surface area contributed by atoms with E-state index in [4.69, 9.17) is 27.6 Å². The Morgan fingerprint density at radius 1 is 0.727 bits per heavy atom. The first-order valence-electron chi connectivity index (χ1n) is 17.5. The molecular weight excluding hydrogens is 691 g/mol. The Balaban J connectivity index is 0.000000169. The second kappa shape index (κ2) is 15.3. The maximum absolute atomic E-state index is 12.4. The van der Waals surface area contributed by atoms with Crippen molar-refractivity contribution in [3.8, 4) is 36.1 Å². The SMILES string of the molecule is C#Cc1ccc2c(c1)C(c1ccccn1)=N[C@H](C)c1c(C(=O)NC)ncn1-2.C#Cc1ccc2c(c1)C(c1ccccn1)=N[C@H](C)c1c(C(=O)OCC)ncn1-2. The number of amides is 1. The summed E-state index contributed by atoms with van der Waals surface area (Å²) in [5.74, 6) is 4.64. The third-order valence-corrected chi connectivity index (χ3v) is 9.13. The van der Waals surface area contributed by atoms with Crippen LogP contribution in [-0.2, 0) is 4.74 Å². The molecule has 8 rings (SSSR count). The number of carbonyl (C=O) groups excluding carboxylic acids is 2. The predicted octanol–water partition coefficient (Wildman–Crippen LogP) is 5.86. The molecule has 12 heteroatoms. The highest BCUT2D eigenvalue weighted by Crippen LogP contribution is 2.34. The van der Waals surface area contributed by atoms with Crippen LogP contribution in [0.3, 0.4) is 0 Å². The maximum Gasteiger partial charge on any atom is 0.358 e. The van der Waals surface area contributed by atoms with Crippen molar-refractivity contribution < 1.29 is 14.3 Å². The molecule has 12 nitrogen and oxygen atoms in total. The lowest BCUT2D eigenvalue weighted by molar-refractivity contribution is 0.0518. The molecule has 0 spiro atoms. The summed E-state index contributed by atoms with van der Waals surface area (Å²) in [6.45, 7) is 5.91. The first-order chi connectivity index (χ1) is 26.8. The second-order valence-corrected chi connectivity index (χ2v) is 12.5. The topological polar surface area (TPSA) is 142 Å². The minimum absolute atomic E-state index is 0.242. The number of benzene rings is 2. The van der Waals surface area contributed by atoms with Gasteiger partial charge in [-0.25, -0.2) is 14.8 Å². The molecule has 0 unspecified atom stereocenters. The number of nitrogens with zero attached hydrogens (tertiary/aromatic N) is 8. The van der Waals surface area contributed by atoms with Crippen molar-refractivity contribution >= 4 is 23.3 Å². The molecule has 2 aromatic carbocycles. The fraction of sp³-hybridized carbons (Fsp3) is 0.163. The van der Waals surface area contributed by atoms with Gasteiger partial charge in [0.15, 0.2) is 11.4 Å². The van der Waals surface area contributed by atoms with E-state index in [0.717, 1.165) is 62.1 Å². The molecule has 0 radical (unpaired) electrons. The zero-order valence-corrected chi connectivity index (χ0v) is 30.6. The molecule has 0 saturated heterocycles. The molecule has 0 fully saturated rings. The number of aliphatic imine (C=N–C) groups is 2. The van der Waals surface area contributed by atoms with Crippen molar-refractivity contribution in [2.75, 3.05) is 13.7 Å².